The second-order valence-corrected chi connectivity index (χ2v) is 23.8. The first-order valence-corrected chi connectivity index (χ1v) is 31.4. The predicted octanol–water partition coefficient (Wildman–Crippen LogP) is 22.1. The van der Waals surface area contributed by atoms with E-state index in [-0.39, 0.29) is 0 Å². The highest BCUT2D eigenvalue weighted by atomic mass is 32.1. The standard InChI is InChI=1S/C82H56N8S/c1-53-29-37-59(38-30-53)87(63-45-49-65(50-46-63)89-71-25-13-9-21-67(71)68-22-10-14-26-72(68)89)61-41-33-55(34-42-61)75-79-80(84-78(58-19-7-4-8-20-58)77(83-79)57-17-5-3-6-18-57)76(82-81(75)85-91-86-82)56-35-43-62(44-36-56)88(60-39-31-54(2)32-40-60)64-47-51-66(52-48-64)90-73-27-15-11-23-69(73)70-24-12-16-28-74(70)90/h3-52H,1-2H3. The number of benzene rings is 13. The molecule has 8 nitrogen and oxygen atoms in total. The first-order valence-electron chi connectivity index (χ1n) is 30.7. The Morgan fingerprint density at radius 2 is 0.538 bits per heavy atom. The molecule has 4 aromatic heterocycles. The molecule has 0 aliphatic rings. The second-order valence-electron chi connectivity index (χ2n) is 23.3. The number of aryl methyl sites for hydroxylation is 2. The quantitative estimate of drug-likeness (QED) is 0.121. The van der Waals surface area contributed by atoms with Gasteiger partial charge in [0.15, 0.2) is 0 Å². The van der Waals surface area contributed by atoms with Crippen LogP contribution in [0.5, 0.6) is 0 Å². The highest BCUT2D eigenvalue weighted by Gasteiger charge is 2.27. The molecule has 0 aliphatic heterocycles. The van der Waals surface area contributed by atoms with Crippen LogP contribution in [0.3, 0.4) is 0 Å². The zero-order chi connectivity index (χ0) is 60.5. The van der Waals surface area contributed by atoms with Gasteiger partial charge < -0.3 is 18.9 Å². The summed E-state index contributed by atoms with van der Waals surface area (Å²) >= 11 is 1.22. The van der Waals surface area contributed by atoms with E-state index in [1.54, 1.807) is 0 Å². The smallest absolute Gasteiger partial charge is 0.115 e. The Morgan fingerprint density at radius 3 is 0.857 bits per heavy atom. The van der Waals surface area contributed by atoms with Crippen molar-refractivity contribution in [1.29, 1.82) is 0 Å². The molecule has 0 fully saturated rings. The molecule has 17 aromatic rings. The molecule has 9 heteroatoms. The van der Waals surface area contributed by atoms with Crippen molar-refractivity contribution in [2.24, 2.45) is 0 Å². The molecule has 430 valence electrons. The van der Waals surface area contributed by atoms with Crippen LogP contribution in [0.2, 0.25) is 0 Å². The Kier molecular flexibility index (Phi) is 13.0. The highest BCUT2D eigenvalue weighted by molar-refractivity contribution is 7.00. The minimum Gasteiger partial charge on any atom is -0.311 e. The van der Waals surface area contributed by atoms with Crippen molar-refractivity contribution in [1.82, 2.24) is 27.8 Å². The maximum Gasteiger partial charge on any atom is 0.115 e. The van der Waals surface area contributed by atoms with Crippen molar-refractivity contribution in [3.8, 4) is 56.1 Å². The van der Waals surface area contributed by atoms with E-state index in [0.717, 1.165) is 112 Å². The fourth-order valence-corrected chi connectivity index (χ4v) is 14.0. The summed E-state index contributed by atoms with van der Waals surface area (Å²) in [4.78, 5) is 16.2. The summed E-state index contributed by atoms with van der Waals surface area (Å²) in [6.07, 6.45) is 0. The van der Waals surface area contributed by atoms with Crippen LogP contribution in [-0.4, -0.2) is 27.8 Å². The summed E-state index contributed by atoms with van der Waals surface area (Å²) in [6.45, 7) is 4.26. The zero-order valence-electron chi connectivity index (χ0n) is 49.9. The van der Waals surface area contributed by atoms with Crippen molar-refractivity contribution < 1.29 is 0 Å². The number of para-hydroxylation sites is 4. The average Bonchev–Trinajstić information content (AvgIpc) is 1.78. The van der Waals surface area contributed by atoms with E-state index in [0.29, 0.717) is 0 Å². The van der Waals surface area contributed by atoms with Crippen molar-refractivity contribution in [2.75, 3.05) is 9.80 Å². The van der Waals surface area contributed by atoms with Crippen molar-refractivity contribution in [3.63, 3.8) is 0 Å². The summed E-state index contributed by atoms with van der Waals surface area (Å²) in [6, 6.07) is 108. The summed E-state index contributed by atoms with van der Waals surface area (Å²) < 4.78 is 15.1. The van der Waals surface area contributed by atoms with Gasteiger partial charge in [0.25, 0.3) is 0 Å². The monoisotopic (exact) mass is 1180 g/mol. The lowest BCUT2D eigenvalue weighted by Crippen LogP contribution is -2.10. The van der Waals surface area contributed by atoms with Crippen LogP contribution in [0.1, 0.15) is 11.1 Å². The lowest BCUT2D eigenvalue weighted by Gasteiger charge is -2.26. The molecule has 13 aromatic carbocycles. The number of hydrogen-bond donors (Lipinski definition) is 0. The number of hydrogen-bond acceptors (Lipinski definition) is 7. The zero-order valence-corrected chi connectivity index (χ0v) is 50.7. The lowest BCUT2D eigenvalue weighted by atomic mass is 9.93. The molecule has 0 bridgehead atoms. The number of aromatic nitrogens is 6. The maximum atomic E-state index is 5.79. The molecule has 0 amide bonds. The fourth-order valence-electron chi connectivity index (χ4n) is 13.4. The van der Waals surface area contributed by atoms with Crippen LogP contribution in [0.25, 0.3) is 122 Å². The second kappa shape index (κ2) is 22.1. The van der Waals surface area contributed by atoms with Crippen LogP contribution in [-0.2, 0) is 0 Å². The van der Waals surface area contributed by atoms with Crippen molar-refractivity contribution in [2.45, 2.75) is 13.8 Å². The summed E-state index contributed by atoms with van der Waals surface area (Å²) in [7, 11) is 0. The van der Waals surface area contributed by atoms with Gasteiger partial charge in [0, 0.05) is 89.3 Å². The normalized spacial score (nSPS) is 11.6. The van der Waals surface area contributed by atoms with Gasteiger partial charge in [0.1, 0.15) is 22.1 Å². The molecule has 0 N–H and O–H groups in total. The molecule has 17 rings (SSSR count). The molecule has 0 saturated carbocycles. The van der Waals surface area contributed by atoms with E-state index in [1.807, 2.05) is 12.1 Å². The topological polar surface area (TPSA) is 67.9 Å². The van der Waals surface area contributed by atoms with Gasteiger partial charge in [0.05, 0.1) is 45.2 Å². The SMILES string of the molecule is Cc1ccc(N(c2ccc(-c3c4nsnc4c(-c4ccc(N(c5ccc(C)cc5)c5ccc(-n6c7ccccc7c7ccccc76)cc5)cc4)c4nc(-c5ccccc5)c(-c5ccccc5)nc34)cc2)c2ccc(-n3c4ccccc4c4ccccc43)cc2)cc1. The molecule has 91 heavy (non-hydrogen) atoms. The fraction of sp³-hybridized carbons (Fsp3) is 0.0244. The van der Waals surface area contributed by atoms with Crippen molar-refractivity contribution >= 4 is 112 Å². The molecule has 4 heterocycles. The Balaban J connectivity index is 0.801. The summed E-state index contributed by atoms with van der Waals surface area (Å²) in [5.41, 5.74) is 25.7. The Hall–Kier alpha value is -11.8. The Labute approximate surface area is 530 Å². The van der Waals surface area contributed by atoms with Gasteiger partial charge in [-0.3, -0.25) is 0 Å². The molecule has 0 aliphatic carbocycles. The average molecular weight is 1190 g/mol. The minimum absolute atomic E-state index is 0.742. The summed E-state index contributed by atoms with van der Waals surface area (Å²) in [5.74, 6) is 0. The number of fused-ring (bicyclic) bond motifs is 8. The molecular formula is C82H56N8S. The van der Waals surface area contributed by atoms with Crippen LogP contribution in [0, 0.1) is 13.8 Å². The van der Waals surface area contributed by atoms with E-state index in [4.69, 9.17) is 18.7 Å². The van der Waals surface area contributed by atoms with E-state index in [1.165, 1.54) is 66.5 Å². The van der Waals surface area contributed by atoms with Crippen LogP contribution in [0.15, 0.2) is 303 Å². The van der Waals surface area contributed by atoms with E-state index < -0.39 is 0 Å². The Morgan fingerprint density at radius 1 is 0.264 bits per heavy atom. The van der Waals surface area contributed by atoms with Crippen molar-refractivity contribution in [3.05, 3.63) is 314 Å². The Bertz CT molecular complexity index is 5110. The molecule has 0 atom stereocenters. The third kappa shape index (κ3) is 9.20. The molecule has 0 saturated heterocycles. The van der Waals surface area contributed by atoms with Gasteiger partial charge in [-0.25, -0.2) is 9.97 Å². The van der Waals surface area contributed by atoms with Crippen LogP contribution < -0.4 is 9.80 Å². The van der Waals surface area contributed by atoms with E-state index >= 15 is 0 Å². The van der Waals surface area contributed by atoms with Gasteiger partial charge in [-0.2, -0.15) is 8.75 Å². The van der Waals surface area contributed by atoms with Gasteiger partial charge in [-0.05, 0) is 146 Å². The largest absolute Gasteiger partial charge is 0.311 e. The molecule has 0 radical (unpaired) electrons. The molecular weight excluding hydrogens is 1130 g/mol. The molecule has 0 spiro atoms. The van der Waals surface area contributed by atoms with E-state index in [9.17, 15) is 0 Å². The minimum atomic E-state index is 0.742. The molecule has 0 unspecified atom stereocenters. The third-order valence-electron chi connectivity index (χ3n) is 17.7. The third-order valence-corrected chi connectivity index (χ3v) is 18.3. The maximum absolute atomic E-state index is 5.79. The highest BCUT2D eigenvalue weighted by Crippen LogP contribution is 2.47. The van der Waals surface area contributed by atoms with Crippen LogP contribution in [0.4, 0.5) is 34.1 Å². The lowest BCUT2D eigenvalue weighted by molar-refractivity contribution is 1.17. The predicted molar refractivity (Wildman–Crippen MR) is 380 cm³/mol. The van der Waals surface area contributed by atoms with E-state index in [2.05, 4.69) is 324 Å². The summed E-state index contributed by atoms with van der Waals surface area (Å²) in [5, 5.41) is 4.95. The van der Waals surface area contributed by atoms with Crippen LogP contribution >= 0.6 is 11.7 Å². The first-order chi connectivity index (χ1) is 45.0. The number of nitrogens with zero attached hydrogens (tertiary/aromatic N) is 8. The number of anilines is 6. The number of rotatable bonds is 12. The van der Waals surface area contributed by atoms with Gasteiger partial charge in [-0.15, -0.1) is 0 Å². The van der Waals surface area contributed by atoms with Gasteiger partial charge in [-0.1, -0.05) is 193 Å². The van der Waals surface area contributed by atoms with Gasteiger partial charge >= 0.3 is 0 Å². The first kappa shape index (κ1) is 53.5. The van der Waals surface area contributed by atoms with Gasteiger partial charge in [0.2, 0.25) is 0 Å².